The van der Waals surface area contributed by atoms with Crippen molar-refractivity contribution < 1.29 is 4.74 Å². The third-order valence-corrected chi connectivity index (χ3v) is 4.10. The lowest BCUT2D eigenvalue weighted by molar-refractivity contribution is 0.340. The van der Waals surface area contributed by atoms with Crippen molar-refractivity contribution in [2.75, 3.05) is 6.61 Å². The molecule has 0 bridgehead atoms. The van der Waals surface area contributed by atoms with E-state index in [1.165, 1.54) is 9.13 Å². The minimum Gasteiger partial charge on any atom is -0.493 e. The Labute approximate surface area is 144 Å². The molecule has 7 heteroatoms. The Morgan fingerprint density at radius 1 is 1.16 bits per heavy atom. The largest absolute Gasteiger partial charge is 0.493 e. The van der Waals surface area contributed by atoms with Crippen LogP contribution >= 0.6 is 0 Å². The summed E-state index contributed by atoms with van der Waals surface area (Å²) in [5, 5.41) is 0.333. The first-order chi connectivity index (χ1) is 12.1. The monoisotopic (exact) mass is 340 g/mol. The zero-order valence-corrected chi connectivity index (χ0v) is 14.5. The molecule has 0 N–H and O–H groups in total. The van der Waals surface area contributed by atoms with Crippen LogP contribution in [0.1, 0.15) is 25.1 Å². The summed E-state index contributed by atoms with van der Waals surface area (Å²) < 4.78 is 8.29. The molecule has 0 saturated carbocycles. The van der Waals surface area contributed by atoms with Crippen LogP contribution in [0.15, 0.2) is 40.2 Å². The molecule has 0 spiro atoms. The van der Waals surface area contributed by atoms with Crippen LogP contribution in [0, 0.1) is 0 Å². The van der Waals surface area contributed by atoms with Crippen molar-refractivity contribution in [1.82, 2.24) is 19.1 Å². The molecular weight excluding hydrogens is 320 g/mol. The van der Waals surface area contributed by atoms with Crippen LogP contribution in [0.3, 0.4) is 0 Å². The number of rotatable bonds is 5. The first kappa shape index (κ1) is 16.9. The van der Waals surface area contributed by atoms with E-state index in [0.29, 0.717) is 35.5 Å². The van der Waals surface area contributed by atoms with Crippen molar-refractivity contribution in [1.29, 1.82) is 0 Å². The van der Waals surface area contributed by atoms with Gasteiger partial charge in [-0.05, 0) is 25.5 Å². The lowest BCUT2D eigenvalue weighted by atomic mass is 10.1. The van der Waals surface area contributed by atoms with Crippen LogP contribution < -0.4 is 16.0 Å². The van der Waals surface area contributed by atoms with E-state index >= 15 is 0 Å². The second-order valence-corrected chi connectivity index (χ2v) is 5.65. The van der Waals surface area contributed by atoms with Crippen molar-refractivity contribution in [3.05, 3.63) is 62.7 Å². The van der Waals surface area contributed by atoms with E-state index in [1.54, 1.807) is 31.6 Å². The number of nitrogens with zero attached hydrogens (tertiary/aromatic N) is 4. The summed E-state index contributed by atoms with van der Waals surface area (Å²) in [6.07, 6.45) is 3.98. The summed E-state index contributed by atoms with van der Waals surface area (Å²) in [7, 11) is 1.60. The van der Waals surface area contributed by atoms with Crippen LogP contribution in [0.25, 0.3) is 11.0 Å². The highest BCUT2D eigenvalue weighted by Gasteiger charge is 2.19. The number of fused-ring (bicyclic) bond motifs is 1. The van der Waals surface area contributed by atoms with E-state index in [-0.39, 0.29) is 6.54 Å². The fourth-order valence-electron chi connectivity index (χ4n) is 2.82. The third kappa shape index (κ3) is 2.93. The highest BCUT2D eigenvalue weighted by Crippen LogP contribution is 2.25. The van der Waals surface area contributed by atoms with Crippen molar-refractivity contribution in [3.8, 4) is 5.75 Å². The van der Waals surface area contributed by atoms with Crippen molar-refractivity contribution >= 4 is 11.0 Å². The Bertz CT molecular complexity index is 1020. The van der Waals surface area contributed by atoms with Crippen LogP contribution in [-0.2, 0) is 20.0 Å². The van der Waals surface area contributed by atoms with E-state index in [9.17, 15) is 9.59 Å². The van der Waals surface area contributed by atoms with E-state index < -0.39 is 11.2 Å². The third-order valence-electron chi connectivity index (χ3n) is 4.10. The Hall–Kier alpha value is -2.96. The predicted molar refractivity (Wildman–Crippen MR) is 95.1 cm³/mol. The lowest BCUT2D eigenvalue weighted by Crippen LogP contribution is -2.40. The maximum atomic E-state index is 13.1. The van der Waals surface area contributed by atoms with Crippen molar-refractivity contribution in [3.63, 3.8) is 0 Å². The molecule has 3 heterocycles. The molecular formula is C18H20N4O3. The van der Waals surface area contributed by atoms with Gasteiger partial charge >= 0.3 is 5.69 Å². The van der Waals surface area contributed by atoms with Gasteiger partial charge in [0.2, 0.25) is 0 Å². The van der Waals surface area contributed by atoms with Crippen LogP contribution in [0.5, 0.6) is 5.75 Å². The smallest absolute Gasteiger partial charge is 0.332 e. The maximum absolute atomic E-state index is 13.1. The zero-order chi connectivity index (χ0) is 18.0. The summed E-state index contributed by atoms with van der Waals surface area (Å²) >= 11 is 0. The molecule has 0 aliphatic heterocycles. The molecule has 0 aliphatic carbocycles. The molecule has 130 valence electrons. The topological polar surface area (TPSA) is 79.0 Å². The molecule has 0 aromatic carbocycles. The molecule has 0 aliphatic rings. The highest BCUT2D eigenvalue weighted by molar-refractivity contribution is 5.82. The molecule has 0 radical (unpaired) electrons. The van der Waals surface area contributed by atoms with Crippen molar-refractivity contribution in [2.24, 2.45) is 7.05 Å². The van der Waals surface area contributed by atoms with Gasteiger partial charge in [-0.15, -0.1) is 0 Å². The van der Waals surface area contributed by atoms with Gasteiger partial charge in [-0.3, -0.25) is 18.9 Å². The van der Waals surface area contributed by atoms with Crippen LogP contribution in [0.2, 0.25) is 0 Å². The van der Waals surface area contributed by atoms with Crippen molar-refractivity contribution in [2.45, 2.75) is 26.8 Å². The van der Waals surface area contributed by atoms with Gasteiger partial charge in [-0.1, -0.05) is 13.0 Å². The number of ether oxygens (including phenoxy) is 1. The molecule has 3 rings (SSSR count). The first-order valence-electron chi connectivity index (χ1n) is 8.22. The quantitative estimate of drug-likeness (QED) is 0.703. The standard InChI is InChI=1S/C18H20N4O3/c1-4-12-10-20-16-14(15(12)25-5-2)17(23)22(18(24)21(16)3)11-13-8-6-7-9-19-13/h6-10H,4-5,11H2,1-3H3. The lowest BCUT2D eigenvalue weighted by Gasteiger charge is -2.15. The molecule has 0 unspecified atom stereocenters. The summed E-state index contributed by atoms with van der Waals surface area (Å²) in [5.41, 5.74) is 0.971. The first-order valence-corrected chi connectivity index (χ1v) is 8.22. The summed E-state index contributed by atoms with van der Waals surface area (Å²) in [6.45, 7) is 4.36. The van der Waals surface area contributed by atoms with Gasteiger partial charge in [0, 0.05) is 25.0 Å². The predicted octanol–water partition coefficient (Wildman–Crippen LogP) is 1.50. The van der Waals surface area contributed by atoms with E-state index in [1.807, 2.05) is 19.9 Å². The van der Waals surface area contributed by atoms with Crippen LogP contribution in [0.4, 0.5) is 0 Å². The van der Waals surface area contributed by atoms with Gasteiger partial charge in [-0.2, -0.15) is 0 Å². The molecule has 7 nitrogen and oxygen atoms in total. The normalized spacial score (nSPS) is 11.0. The van der Waals surface area contributed by atoms with Gasteiger partial charge in [0.05, 0.1) is 18.8 Å². The van der Waals surface area contributed by atoms with Gasteiger partial charge in [0.15, 0.2) is 5.65 Å². The Morgan fingerprint density at radius 3 is 2.60 bits per heavy atom. The molecule has 0 saturated heterocycles. The summed E-state index contributed by atoms with van der Waals surface area (Å²) in [5.74, 6) is 0.505. The number of hydrogen-bond acceptors (Lipinski definition) is 5. The second kappa shape index (κ2) is 6.88. The van der Waals surface area contributed by atoms with E-state index in [0.717, 1.165) is 5.56 Å². The van der Waals surface area contributed by atoms with Crippen LogP contribution in [-0.4, -0.2) is 25.7 Å². The molecule has 0 amide bonds. The minimum atomic E-state index is -0.428. The Balaban J connectivity index is 2.34. The molecule has 3 aromatic heterocycles. The molecule has 0 fully saturated rings. The van der Waals surface area contributed by atoms with E-state index in [2.05, 4.69) is 9.97 Å². The summed E-state index contributed by atoms with van der Waals surface area (Å²) in [6, 6.07) is 5.39. The number of aryl methyl sites for hydroxylation is 2. The van der Waals surface area contributed by atoms with Gasteiger partial charge in [0.1, 0.15) is 11.1 Å². The highest BCUT2D eigenvalue weighted by atomic mass is 16.5. The fraction of sp³-hybridized carbons (Fsp3) is 0.333. The fourth-order valence-corrected chi connectivity index (χ4v) is 2.82. The van der Waals surface area contributed by atoms with E-state index in [4.69, 9.17) is 4.74 Å². The number of aromatic nitrogens is 4. The number of hydrogen-bond donors (Lipinski definition) is 0. The average Bonchev–Trinajstić information content (AvgIpc) is 2.64. The Kier molecular flexibility index (Phi) is 4.65. The molecule has 25 heavy (non-hydrogen) atoms. The Morgan fingerprint density at radius 2 is 1.96 bits per heavy atom. The van der Waals surface area contributed by atoms with Gasteiger partial charge < -0.3 is 4.74 Å². The summed E-state index contributed by atoms with van der Waals surface area (Å²) in [4.78, 5) is 34.2. The minimum absolute atomic E-state index is 0.101. The SMILES string of the molecule is CCOc1c(CC)cnc2c1c(=O)n(Cc1ccccn1)c(=O)n2C. The van der Waals surface area contributed by atoms with Gasteiger partial charge in [-0.25, -0.2) is 9.78 Å². The zero-order valence-electron chi connectivity index (χ0n) is 14.5. The van der Waals surface area contributed by atoms with Gasteiger partial charge in [0.25, 0.3) is 5.56 Å². The maximum Gasteiger partial charge on any atom is 0.332 e. The average molecular weight is 340 g/mol. The number of pyridine rings is 2. The second-order valence-electron chi connectivity index (χ2n) is 5.65. The molecule has 0 atom stereocenters. The molecule has 3 aromatic rings.